The summed E-state index contributed by atoms with van der Waals surface area (Å²) in [6.07, 6.45) is 3.77. The molecule has 2 unspecified atom stereocenters. The van der Waals surface area contributed by atoms with Gasteiger partial charge in [0.15, 0.2) is 0 Å². The third-order valence-corrected chi connectivity index (χ3v) is 4.74. The largest absolute Gasteiger partial charge is 0.311 e. The summed E-state index contributed by atoms with van der Waals surface area (Å²) in [6, 6.07) is 1.36. The van der Waals surface area contributed by atoms with Crippen LogP contribution in [-0.4, -0.2) is 21.9 Å². The molecule has 4 heteroatoms. The van der Waals surface area contributed by atoms with Gasteiger partial charge in [0.1, 0.15) is 0 Å². The molecule has 17 heavy (non-hydrogen) atoms. The van der Waals surface area contributed by atoms with Gasteiger partial charge in [0.2, 0.25) is 0 Å². The fourth-order valence-electron chi connectivity index (χ4n) is 2.17. The minimum absolute atomic E-state index is 0.574. The number of nitrogens with zero attached hydrogens (tertiary/aromatic N) is 2. The smallest absolute Gasteiger partial charge is 0.0738 e. The van der Waals surface area contributed by atoms with E-state index in [4.69, 9.17) is 0 Å². The minimum atomic E-state index is 0.574. The van der Waals surface area contributed by atoms with Crippen molar-refractivity contribution in [3.8, 4) is 0 Å². The van der Waals surface area contributed by atoms with Crippen molar-refractivity contribution in [1.82, 2.24) is 15.1 Å². The Balaban J connectivity index is 1.98. The molecular weight excluding hydrogens is 278 g/mol. The van der Waals surface area contributed by atoms with Crippen molar-refractivity contribution in [1.29, 1.82) is 0 Å². The number of hydrogen-bond donors (Lipinski definition) is 1. The Bertz CT molecular complexity index is 396. The maximum atomic E-state index is 4.45. The zero-order valence-corrected chi connectivity index (χ0v) is 12.7. The third kappa shape index (κ3) is 3.10. The maximum Gasteiger partial charge on any atom is 0.0738 e. The zero-order chi connectivity index (χ0) is 12.6. The van der Waals surface area contributed by atoms with E-state index in [1.807, 2.05) is 18.7 Å². The van der Waals surface area contributed by atoms with Gasteiger partial charge in [-0.15, -0.1) is 0 Å². The molecule has 1 saturated carbocycles. The van der Waals surface area contributed by atoms with Crippen LogP contribution in [-0.2, 0) is 13.5 Å². The molecule has 3 nitrogen and oxygen atoms in total. The van der Waals surface area contributed by atoms with E-state index in [1.54, 1.807) is 0 Å². The molecule has 0 radical (unpaired) electrons. The van der Waals surface area contributed by atoms with Crippen molar-refractivity contribution in [2.24, 2.45) is 13.0 Å². The Morgan fingerprint density at radius 3 is 2.59 bits per heavy atom. The summed E-state index contributed by atoms with van der Waals surface area (Å²) in [7, 11) is 2.03. The van der Waals surface area contributed by atoms with Crippen molar-refractivity contribution in [3.05, 3.63) is 15.9 Å². The highest BCUT2D eigenvalue weighted by molar-refractivity contribution is 9.10. The standard InChI is InChI=1S/C13H22BrN3/c1-8(9(2)15-11-5-6-11)7-12-13(14)10(3)16-17(12)4/h8-9,11,15H,5-7H2,1-4H3. The molecule has 0 amide bonds. The summed E-state index contributed by atoms with van der Waals surface area (Å²) in [5.74, 6) is 0.627. The van der Waals surface area contributed by atoms with Crippen LogP contribution in [0.25, 0.3) is 0 Å². The second kappa shape index (κ2) is 5.11. The quantitative estimate of drug-likeness (QED) is 0.906. The van der Waals surface area contributed by atoms with Crippen molar-refractivity contribution < 1.29 is 0 Å². The highest BCUT2D eigenvalue weighted by Gasteiger charge is 2.26. The third-order valence-electron chi connectivity index (χ3n) is 3.71. The maximum absolute atomic E-state index is 4.45. The highest BCUT2D eigenvalue weighted by atomic mass is 79.9. The molecule has 1 heterocycles. The molecule has 0 aromatic carbocycles. The molecular formula is C13H22BrN3. The Morgan fingerprint density at radius 1 is 1.47 bits per heavy atom. The van der Waals surface area contributed by atoms with Crippen molar-refractivity contribution in [2.45, 2.75) is 52.1 Å². The average Bonchev–Trinajstić information content (AvgIpc) is 3.03. The van der Waals surface area contributed by atoms with Crippen molar-refractivity contribution >= 4 is 15.9 Å². The van der Waals surface area contributed by atoms with Gasteiger partial charge in [0.05, 0.1) is 15.9 Å². The molecule has 96 valence electrons. The average molecular weight is 300 g/mol. The second-order valence-electron chi connectivity index (χ2n) is 5.38. The summed E-state index contributed by atoms with van der Waals surface area (Å²) in [5, 5.41) is 8.12. The lowest BCUT2D eigenvalue weighted by Gasteiger charge is -2.21. The zero-order valence-electron chi connectivity index (χ0n) is 11.1. The van der Waals surface area contributed by atoms with E-state index in [9.17, 15) is 0 Å². The molecule has 1 N–H and O–H groups in total. The molecule has 0 aliphatic heterocycles. The van der Waals surface area contributed by atoms with Gasteiger partial charge >= 0.3 is 0 Å². The van der Waals surface area contributed by atoms with Crippen molar-refractivity contribution in [3.63, 3.8) is 0 Å². The van der Waals surface area contributed by atoms with E-state index >= 15 is 0 Å². The molecule has 2 atom stereocenters. The van der Waals surface area contributed by atoms with Crippen LogP contribution in [0.2, 0.25) is 0 Å². The monoisotopic (exact) mass is 299 g/mol. The summed E-state index contributed by atoms with van der Waals surface area (Å²) in [6.45, 7) is 6.65. The van der Waals surface area contributed by atoms with Gasteiger partial charge in [-0.1, -0.05) is 6.92 Å². The Kier molecular flexibility index (Phi) is 3.93. The van der Waals surface area contributed by atoms with Gasteiger partial charge in [-0.2, -0.15) is 5.10 Å². The predicted octanol–water partition coefficient (Wildman–Crippen LogP) is 2.81. The molecule has 0 spiro atoms. The lowest BCUT2D eigenvalue weighted by atomic mass is 9.97. The first-order valence-electron chi connectivity index (χ1n) is 6.43. The Hall–Kier alpha value is -0.350. The van der Waals surface area contributed by atoms with Crippen LogP contribution in [0.15, 0.2) is 4.47 Å². The minimum Gasteiger partial charge on any atom is -0.311 e. The molecule has 0 saturated heterocycles. The predicted molar refractivity (Wildman–Crippen MR) is 74.1 cm³/mol. The molecule has 1 aliphatic rings. The first-order chi connectivity index (χ1) is 7.99. The van der Waals surface area contributed by atoms with Gasteiger partial charge in [-0.05, 0) is 55.0 Å². The Morgan fingerprint density at radius 2 is 2.12 bits per heavy atom. The van der Waals surface area contributed by atoms with E-state index in [2.05, 4.69) is 40.2 Å². The van der Waals surface area contributed by atoms with Crippen LogP contribution in [0.4, 0.5) is 0 Å². The normalized spacial score (nSPS) is 19.4. The number of nitrogens with one attached hydrogen (secondary N) is 1. The summed E-state index contributed by atoms with van der Waals surface area (Å²) in [5.41, 5.74) is 2.39. The van der Waals surface area contributed by atoms with Gasteiger partial charge in [0.25, 0.3) is 0 Å². The molecule has 0 bridgehead atoms. The SMILES string of the molecule is Cc1nn(C)c(CC(C)C(C)NC2CC2)c1Br. The molecule has 1 aliphatic carbocycles. The van der Waals surface area contributed by atoms with E-state index in [1.165, 1.54) is 23.0 Å². The van der Waals surface area contributed by atoms with Crippen LogP contribution in [0.1, 0.15) is 38.1 Å². The molecule has 1 fully saturated rings. The number of hydrogen-bond acceptors (Lipinski definition) is 2. The first kappa shape index (κ1) is 13.1. The van der Waals surface area contributed by atoms with Gasteiger partial charge in [-0.3, -0.25) is 4.68 Å². The second-order valence-corrected chi connectivity index (χ2v) is 6.17. The van der Waals surface area contributed by atoms with E-state index in [0.717, 1.165) is 18.2 Å². The van der Waals surface area contributed by atoms with Crippen LogP contribution >= 0.6 is 15.9 Å². The number of rotatable bonds is 5. The topological polar surface area (TPSA) is 29.9 Å². The highest BCUT2D eigenvalue weighted by Crippen LogP contribution is 2.25. The molecule has 1 aromatic rings. The van der Waals surface area contributed by atoms with Crippen LogP contribution in [0.5, 0.6) is 0 Å². The first-order valence-corrected chi connectivity index (χ1v) is 7.22. The number of halogens is 1. The number of aryl methyl sites for hydroxylation is 2. The van der Waals surface area contributed by atoms with Crippen LogP contribution < -0.4 is 5.32 Å². The molecule has 2 rings (SSSR count). The lowest BCUT2D eigenvalue weighted by molar-refractivity contribution is 0.388. The summed E-state index contributed by atoms with van der Waals surface area (Å²) < 4.78 is 3.17. The molecule has 1 aromatic heterocycles. The number of aromatic nitrogens is 2. The van der Waals surface area contributed by atoms with Gasteiger partial charge < -0.3 is 5.32 Å². The summed E-state index contributed by atoms with van der Waals surface area (Å²) >= 11 is 3.64. The van der Waals surface area contributed by atoms with E-state index in [-0.39, 0.29) is 0 Å². The van der Waals surface area contributed by atoms with Gasteiger partial charge in [0, 0.05) is 19.1 Å². The Labute approximate surface area is 112 Å². The lowest BCUT2D eigenvalue weighted by Crippen LogP contribution is -2.35. The van der Waals surface area contributed by atoms with E-state index in [0.29, 0.717) is 12.0 Å². The fraction of sp³-hybridized carbons (Fsp3) is 0.769. The van der Waals surface area contributed by atoms with Crippen LogP contribution in [0.3, 0.4) is 0 Å². The van der Waals surface area contributed by atoms with Crippen LogP contribution in [0, 0.1) is 12.8 Å². The fourth-order valence-corrected chi connectivity index (χ4v) is 2.67. The van der Waals surface area contributed by atoms with E-state index < -0.39 is 0 Å². The summed E-state index contributed by atoms with van der Waals surface area (Å²) in [4.78, 5) is 0. The van der Waals surface area contributed by atoms with Crippen molar-refractivity contribution in [2.75, 3.05) is 0 Å². The van der Waals surface area contributed by atoms with Gasteiger partial charge in [-0.25, -0.2) is 0 Å².